The average molecular weight is 338 g/mol. The lowest BCUT2D eigenvalue weighted by molar-refractivity contribution is -0.132. The summed E-state index contributed by atoms with van der Waals surface area (Å²) in [5, 5.41) is 0.568. The number of benzene rings is 1. The van der Waals surface area contributed by atoms with Gasteiger partial charge in [-0.15, -0.1) is 0 Å². The van der Waals surface area contributed by atoms with Crippen LogP contribution in [0, 0.1) is 0 Å². The Morgan fingerprint density at radius 3 is 2.44 bits per heavy atom. The molecule has 0 saturated heterocycles. The van der Waals surface area contributed by atoms with Crippen molar-refractivity contribution in [2.24, 2.45) is 0 Å². The average Bonchev–Trinajstić information content (AvgIpc) is 2.14. The lowest BCUT2D eigenvalue weighted by atomic mass is 10.3. The zero-order chi connectivity index (χ0) is 12.3. The number of ether oxygens (including phenoxy) is 1. The Morgan fingerprint density at radius 2 is 1.94 bits per heavy atom. The van der Waals surface area contributed by atoms with Crippen LogP contribution in [0.5, 0.6) is 5.75 Å². The van der Waals surface area contributed by atoms with Crippen LogP contribution in [0.2, 0.25) is 10.0 Å². The maximum absolute atomic E-state index is 12.1. The van der Waals surface area contributed by atoms with Crippen LogP contribution in [-0.4, -0.2) is 17.6 Å². The Kier molecular flexibility index (Phi) is 4.76. The monoisotopic (exact) mass is 336 g/mol. The first-order valence-corrected chi connectivity index (χ1v) is 5.76. The normalized spacial score (nSPS) is 13.6. The third-order valence-electron chi connectivity index (χ3n) is 1.63. The Labute approximate surface area is 109 Å². The van der Waals surface area contributed by atoms with Crippen molar-refractivity contribution in [3.8, 4) is 5.75 Å². The fraction of sp³-hybridized carbons (Fsp3) is 0.333. The molecular formula is C9H6BrCl2F3O. The molecule has 0 saturated carbocycles. The molecule has 1 unspecified atom stereocenters. The predicted octanol–water partition coefficient (Wildman–Crippen LogP) is 4.70. The van der Waals surface area contributed by atoms with Crippen LogP contribution in [0.1, 0.15) is 0 Å². The lowest BCUT2D eigenvalue weighted by Gasteiger charge is -2.15. The minimum atomic E-state index is -4.35. The smallest absolute Gasteiger partial charge is 0.404 e. The highest BCUT2D eigenvalue weighted by Crippen LogP contribution is 2.30. The number of halogens is 6. The van der Waals surface area contributed by atoms with Crippen molar-refractivity contribution in [2.75, 3.05) is 6.61 Å². The fourth-order valence-electron chi connectivity index (χ4n) is 0.850. The van der Waals surface area contributed by atoms with Crippen LogP contribution in [0.25, 0.3) is 0 Å². The third kappa shape index (κ3) is 4.03. The number of hydrogen-bond donors (Lipinski definition) is 0. The summed E-state index contributed by atoms with van der Waals surface area (Å²) >= 11 is 13.8. The van der Waals surface area contributed by atoms with E-state index in [4.69, 9.17) is 27.9 Å². The Morgan fingerprint density at radius 1 is 1.31 bits per heavy atom. The van der Waals surface area contributed by atoms with E-state index in [1.54, 1.807) is 0 Å². The van der Waals surface area contributed by atoms with Gasteiger partial charge in [-0.1, -0.05) is 39.1 Å². The maximum atomic E-state index is 12.1. The quantitative estimate of drug-likeness (QED) is 0.726. The summed E-state index contributed by atoms with van der Waals surface area (Å²) in [6.45, 7) is -0.551. The molecular weight excluding hydrogens is 332 g/mol. The fourth-order valence-corrected chi connectivity index (χ4v) is 1.44. The first kappa shape index (κ1) is 13.9. The van der Waals surface area contributed by atoms with Gasteiger partial charge in [0.05, 0.1) is 5.02 Å². The van der Waals surface area contributed by atoms with Gasteiger partial charge < -0.3 is 4.74 Å². The zero-order valence-corrected chi connectivity index (χ0v) is 10.8. The summed E-state index contributed by atoms with van der Waals surface area (Å²) in [6, 6.07) is 4.30. The summed E-state index contributed by atoms with van der Waals surface area (Å²) in [5.74, 6) is 0.166. The van der Waals surface area contributed by atoms with Gasteiger partial charge >= 0.3 is 6.18 Å². The van der Waals surface area contributed by atoms with E-state index >= 15 is 0 Å². The van der Waals surface area contributed by atoms with Crippen molar-refractivity contribution in [3.05, 3.63) is 28.2 Å². The standard InChI is InChI=1S/C9H6BrCl2F3O/c10-8(9(13,14)15)4-16-7-2-1-5(11)3-6(7)12/h1-3,8H,4H2. The SMILES string of the molecule is FC(F)(F)C(Br)COc1ccc(Cl)cc1Cl. The van der Waals surface area contributed by atoms with Crippen LogP contribution in [0.4, 0.5) is 13.2 Å². The van der Waals surface area contributed by atoms with E-state index < -0.39 is 17.6 Å². The Hall–Kier alpha value is -0.130. The molecule has 0 N–H and O–H groups in total. The van der Waals surface area contributed by atoms with Gasteiger partial charge in [-0.05, 0) is 18.2 Å². The van der Waals surface area contributed by atoms with Crippen molar-refractivity contribution in [1.82, 2.24) is 0 Å². The van der Waals surface area contributed by atoms with Gasteiger partial charge in [-0.25, -0.2) is 0 Å². The highest BCUT2D eigenvalue weighted by atomic mass is 79.9. The molecule has 0 bridgehead atoms. The van der Waals surface area contributed by atoms with Crippen molar-refractivity contribution in [1.29, 1.82) is 0 Å². The minimum Gasteiger partial charge on any atom is -0.490 e. The van der Waals surface area contributed by atoms with Crippen LogP contribution >= 0.6 is 39.1 Å². The highest BCUT2D eigenvalue weighted by molar-refractivity contribution is 9.09. The molecule has 7 heteroatoms. The molecule has 1 aromatic carbocycles. The van der Waals surface area contributed by atoms with Gasteiger partial charge in [0.15, 0.2) is 0 Å². The van der Waals surface area contributed by atoms with E-state index in [1.807, 2.05) is 0 Å². The van der Waals surface area contributed by atoms with Crippen LogP contribution in [0.15, 0.2) is 18.2 Å². The van der Waals surface area contributed by atoms with Gasteiger partial charge in [0.1, 0.15) is 17.2 Å². The summed E-state index contributed by atoms with van der Waals surface area (Å²) in [6.07, 6.45) is -4.35. The van der Waals surface area contributed by atoms with Gasteiger partial charge in [0, 0.05) is 5.02 Å². The summed E-state index contributed by atoms with van der Waals surface area (Å²) < 4.78 is 41.3. The van der Waals surface area contributed by atoms with Gasteiger partial charge in [0.2, 0.25) is 0 Å². The van der Waals surface area contributed by atoms with Crippen molar-refractivity contribution < 1.29 is 17.9 Å². The second-order valence-corrected chi connectivity index (χ2v) is 4.84. The number of rotatable bonds is 3. The Bertz CT molecular complexity index is 370. The summed E-state index contributed by atoms with van der Waals surface area (Å²) in [7, 11) is 0. The van der Waals surface area contributed by atoms with Crippen molar-refractivity contribution >= 4 is 39.1 Å². The summed E-state index contributed by atoms with van der Waals surface area (Å²) in [4.78, 5) is -1.73. The van der Waals surface area contributed by atoms with Gasteiger partial charge in [0.25, 0.3) is 0 Å². The molecule has 1 rings (SSSR count). The van der Waals surface area contributed by atoms with E-state index in [0.29, 0.717) is 5.02 Å². The van der Waals surface area contributed by atoms with E-state index in [9.17, 15) is 13.2 Å². The molecule has 1 atom stereocenters. The number of hydrogen-bond acceptors (Lipinski definition) is 1. The molecule has 0 spiro atoms. The first-order chi connectivity index (χ1) is 7.30. The Balaban J connectivity index is 2.62. The molecule has 0 aliphatic rings. The molecule has 0 aliphatic heterocycles. The molecule has 0 amide bonds. The largest absolute Gasteiger partial charge is 0.490 e. The van der Waals surface area contributed by atoms with E-state index in [0.717, 1.165) is 0 Å². The van der Waals surface area contributed by atoms with Crippen LogP contribution in [-0.2, 0) is 0 Å². The third-order valence-corrected chi connectivity index (χ3v) is 2.95. The molecule has 0 radical (unpaired) electrons. The van der Waals surface area contributed by atoms with Gasteiger partial charge in [-0.3, -0.25) is 0 Å². The second kappa shape index (κ2) is 5.47. The highest BCUT2D eigenvalue weighted by Gasteiger charge is 2.38. The predicted molar refractivity (Wildman–Crippen MR) is 60.7 cm³/mol. The minimum absolute atomic E-state index is 0.166. The van der Waals surface area contributed by atoms with Crippen LogP contribution in [0.3, 0.4) is 0 Å². The topological polar surface area (TPSA) is 9.23 Å². The zero-order valence-electron chi connectivity index (χ0n) is 7.69. The van der Waals surface area contributed by atoms with Crippen LogP contribution < -0.4 is 4.74 Å². The summed E-state index contributed by atoms with van der Waals surface area (Å²) in [5.41, 5.74) is 0. The molecule has 0 aliphatic carbocycles. The lowest BCUT2D eigenvalue weighted by Crippen LogP contribution is -2.28. The van der Waals surface area contributed by atoms with Crippen molar-refractivity contribution in [2.45, 2.75) is 11.0 Å². The molecule has 16 heavy (non-hydrogen) atoms. The van der Waals surface area contributed by atoms with Crippen molar-refractivity contribution in [3.63, 3.8) is 0 Å². The maximum Gasteiger partial charge on any atom is 0.404 e. The first-order valence-electron chi connectivity index (χ1n) is 4.09. The second-order valence-electron chi connectivity index (χ2n) is 2.89. The van der Waals surface area contributed by atoms with Gasteiger partial charge in [-0.2, -0.15) is 13.2 Å². The number of alkyl halides is 4. The molecule has 0 aromatic heterocycles. The molecule has 1 aromatic rings. The molecule has 1 nitrogen and oxygen atoms in total. The van der Waals surface area contributed by atoms with E-state index in [2.05, 4.69) is 15.9 Å². The molecule has 0 fully saturated rings. The van der Waals surface area contributed by atoms with E-state index in [-0.39, 0.29) is 10.8 Å². The van der Waals surface area contributed by atoms with E-state index in [1.165, 1.54) is 18.2 Å². The molecule has 90 valence electrons. The molecule has 0 heterocycles.